The van der Waals surface area contributed by atoms with Gasteiger partial charge in [0.2, 0.25) is 0 Å². The second-order valence-electron chi connectivity index (χ2n) is 3.67. The third-order valence-electron chi connectivity index (χ3n) is 2.39. The Morgan fingerprint density at radius 1 is 0.765 bits per heavy atom. The van der Waals surface area contributed by atoms with Gasteiger partial charge in [0.25, 0.3) is 0 Å². The quantitative estimate of drug-likeness (QED) is 0.817. The second kappa shape index (κ2) is 5.94. The molecular weight excluding hydrogens is 212 g/mol. The van der Waals surface area contributed by atoms with Crippen LogP contribution in [-0.4, -0.2) is 10.2 Å². The van der Waals surface area contributed by atoms with Crippen molar-refractivity contribution in [3.05, 3.63) is 41.0 Å². The van der Waals surface area contributed by atoms with Crippen molar-refractivity contribution in [2.24, 2.45) is 0 Å². The van der Waals surface area contributed by atoms with Gasteiger partial charge < -0.3 is 10.2 Å². The summed E-state index contributed by atoms with van der Waals surface area (Å²) >= 11 is 0. The average Bonchev–Trinajstić information content (AvgIpc) is 2.31. The van der Waals surface area contributed by atoms with Crippen LogP contribution in [0.5, 0.6) is 11.5 Å². The van der Waals surface area contributed by atoms with E-state index in [0.717, 1.165) is 0 Å². The van der Waals surface area contributed by atoms with Crippen LogP contribution in [0.3, 0.4) is 0 Å². The summed E-state index contributed by atoms with van der Waals surface area (Å²) in [6.45, 7) is 5.62. The summed E-state index contributed by atoms with van der Waals surface area (Å²) in [7, 11) is 0. The molecule has 0 radical (unpaired) electrons. The van der Waals surface area contributed by atoms with Crippen LogP contribution in [0.25, 0.3) is 18.2 Å². The van der Waals surface area contributed by atoms with Gasteiger partial charge in [-0.1, -0.05) is 36.5 Å². The molecule has 2 N–H and O–H groups in total. The molecule has 0 unspecified atom stereocenters. The Balaban J connectivity index is 3.56. The molecule has 0 bridgehead atoms. The van der Waals surface area contributed by atoms with Gasteiger partial charge in [-0.05, 0) is 26.8 Å². The third kappa shape index (κ3) is 2.78. The monoisotopic (exact) mass is 230 g/mol. The lowest BCUT2D eigenvalue weighted by molar-refractivity contribution is 0.446. The number of hydrogen-bond donors (Lipinski definition) is 2. The number of benzene rings is 1. The molecule has 0 heterocycles. The first-order chi connectivity index (χ1) is 8.15. The first kappa shape index (κ1) is 13.1. The van der Waals surface area contributed by atoms with Crippen LogP contribution in [0, 0.1) is 0 Å². The molecule has 0 amide bonds. The molecule has 0 aromatic heterocycles. The molecule has 0 saturated carbocycles. The minimum absolute atomic E-state index is 0.104. The lowest BCUT2D eigenvalue weighted by atomic mass is 10.0. The van der Waals surface area contributed by atoms with Crippen molar-refractivity contribution in [3.63, 3.8) is 0 Å². The maximum atomic E-state index is 10.0. The normalized spacial score (nSPS) is 12.2. The van der Waals surface area contributed by atoms with Crippen molar-refractivity contribution in [1.29, 1.82) is 0 Å². The second-order valence-corrected chi connectivity index (χ2v) is 3.67. The first-order valence-electron chi connectivity index (χ1n) is 5.62. The van der Waals surface area contributed by atoms with Gasteiger partial charge >= 0.3 is 0 Å². The zero-order valence-corrected chi connectivity index (χ0v) is 10.4. The highest BCUT2D eigenvalue weighted by atomic mass is 16.3. The predicted molar refractivity (Wildman–Crippen MR) is 73.9 cm³/mol. The zero-order chi connectivity index (χ0) is 12.8. The number of hydrogen-bond acceptors (Lipinski definition) is 2. The Bertz CT molecular complexity index is 444. The molecule has 0 spiro atoms. The Hall–Kier alpha value is -1.96. The van der Waals surface area contributed by atoms with Gasteiger partial charge in [-0.2, -0.15) is 0 Å². The van der Waals surface area contributed by atoms with Crippen LogP contribution in [0.4, 0.5) is 0 Å². The van der Waals surface area contributed by atoms with Crippen LogP contribution in [0.1, 0.15) is 37.5 Å². The van der Waals surface area contributed by atoms with E-state index >= 15 is 0 Å². The maximum Gasteiger partial charge on any atom is 0.133 e. The molecule has 0 saturated heterocycles. The van der Waals surface area contributed by atoms with E-state index in [1.165, 1.54) is 0 Å². The van der Waals surface area contributed by atoms with Gasteiger partial charge in [-0.25, -0.2) is 0 Å². The summed E-state index contributed by atoms with van der Waals surface area (Å²) in [5, 5.41) is 20.1. The third-order valence-corrected chi connectivity index (χ3v) is 2.39. The fourth-order valence-corrected chi connectivity index (χ4v) is 1.67. The van der Waals surface area contributed by atoms with Crippen LogP contribution >= 0.6 is 0 Å². The summed E-state index contributed by atoms with van der Waals surface area (Å²) in [6, 6.07) is 1.76. The van der Waals surface area contributed by atoms with E-state index in [-0.39, 0.29) is 11.5 Å². The van der Waals surface area contributed by atoms with Gasteiger partial charge in [0, 0.05) is 11.1 Å². The van der Waals surface area contributed by atoms with Crippen molar-refractivity contribution in [1.82, 2.24) is 0 Å². The largest absolute Gasteiger partial charge is 0.507 e. The Kier molecular flexibility index (Phi) is 4.58. The fraction of sp³-hybridized carbons (Fsp3) is 0.200. The molecule has 0 aliphatic rings. The van der Waals surface area contributed by atoms with Gasteiger partial charge in [-0.15, -0.1) is 0 Å². The molecule has 0 fully saturated rings. The Labute approximate surface area is 102 Å². The van der Waals surface area contributed by atoms with E-state index in [1.807, 2.05) is 45.1 Å². The van der Waals surface area contributed by atoms with Crippen LogP contribution in [0.15, 0.2) is 24.3 Å². The van der Waals surface area contributed by atoms with E-state index in [1.54, 1.807) is 18.2 Å². The molecule has 1 aromatic carbocycles. The van der Waals surface area contributed by atoms with E-state index in [4.69, 9.17) is 0 Å². The molecule has 17 heavy (non-hydrogen) atoms. The molecule has 1 aromatic rings. The fourth-order valence-electron chi connectivity index (χ4n) is 1.67. The zero-order valence-electron chi connectivity index (χ0n) is 10.4. The summed E-state index contributed by atoms with van der Waals surface area (Å²) in [6.07, 6.45) is 10.8. The molecule has 0 aliphatic carbocycles. The standard InChI is InChI=1S/C15H18O2/c1-4-7-11-10-12(8-5-2)15(17)13(9-6-3)14(11)16/h4-10,16-17H,1-3H3/b7-4+,8-5+,9-6+. The number of phenols is 2. The molecule has 0 atom stereocenters. The first-order valence-corrected chi connectivity index (χ1v) is 5.62. The van der Waals surface area contributed by atoms with Crippen molar-refractivity contribution < 1.29 is 10.2 Å². The topological polar surface area (TPSA) is 40.5 Å². The molecular formula is C15H18O2. The number of allylic oxidation sites excluding steroid dienone is 3. The summed E-state index contributed by atoms with van der Waals surface area (Å²) < 4.78 is 0. The lowest BCUT2D eigenvalue weighted by Crippen LogP contribution is -1.86. The summed E-state index contributed by atoms with van der Waals surface area (Å²) in [5.41, 5.74) is 1.86. The smallest absolute Gasteiger partial charge is 0.133 e. The summed E-state index contributed by atoms with van der Waals surface area (Å²) in [4.78, 5) is 0. The van der Waals surface area contributed by atoms with Crippen molar-refractivity contribution >= 4 is 18.2 Å². The van der Waals surface area contributed by atoms with Gasteiger partial charge in [0.15, 0.2) is 0 Å². The molecule has 90 valence electrons. The Morgan fingerprint density at radius 3 is 1.53 bits per heavy atom. The molecule has 2 heteroatoms. The lowest BCUT2D eigenvalue weighted by Gasteiger charge is -2.10. The van der Waals surface area contributed by atoms with E-state index < -0.39 is 0 Å². The number of phenolic OH excluding ortho intramolecular Hbond substituents is 2. The molecule has 0 aliphatic heterocycles. The maximum absolute atomic E-state index is 10.0. The SMILES string of the molecule is C/C=C/c1cc(/C=C/C)c(O)c(/C=C/C)c1O. The Morgan fingerprint density at radius 2 is 1.18 bits per heavy atom. The van der Waals surface area contributed by atoms with E-state index in [2.05, 4.69) is 0 Å². The molecule has 1 rings (SSSR count). The molecule has 2 nitrogen and oxygen atoms in total. The number of rotatable bonds is 3. The summed E-state index contributed by atoms with van der Waals surface area (Å²) in [5.74, 6) is 0.207. The van der Waals surface area contributed by atoms with Crippen LogP contribution in [-0.2, 0) is 0 Å². The van der Waals surface area contributed by atoms with E-state index in [9.17, 15) is 10.2 Å². The van der Waals surface area contributed by atoms with Crippen LogP contribution in [0.2, 0.25) is 0 Å². The van der Waals surface area contributed by atoms with E-state index in [0.29, 0.717) is 16.7 Å². The highest BCUT2D eigenvalue weighted by Gasteiger charge is 2.12. The highest BCUT2D eigenvalue weighted by molar-refractivity contribution is 5.77. The van der Waals surface area contributed by atoms with Gasteiger partial charge in [0.1, 0.15) is 11.5 Å². The number of aromatic hydroxyl groups is 2. The van der Waals surface area contributed by atoms with Crippen molar-refractivity contribution in [3.8, 4) is 11.5 Å². The predicted octanol–water partition coefficient (Wildman–Crippen LogP) is 4.20. The van der Waals surface area contributed by atoms with Crippen molar-refractivity contribution in [2.75, 3.05) is 0 Å². The van der Waals surface area contributed by atoms with Crippen LogP contribution < -0.4 is 0 Å². The van der Waals surface area contributed by atoms with Gasteiger partial charge in [-0.3, -0.25) is 0 Å². The average molecular weight is 230 g/mol. The minimum atomic E-state index is 0.104. The van der Waals surface area contributed by atoms with Gasteiger partial charge in [0.05, 0.1) is 5.56 Å². The van der Waals surface area contributed by atoms with Crippen molar-refractivity contribution in [2.45, 2.75) is 20.8 Å². The highest BCUT2D eigenvalue weighted by Crippen LogP contribution is 2.36. The minimum Gasteiger partial charge on any atom is -0.507 e.